The lowest BCUT2D eigenvalue weighted by atomic mass is 9.87. The second kappa shape index (κ2) is 10.9. The number of H-pyrrole nitrogens is 1. The van der Waals surface area contributed by atoms with Crippen LogP contribution >= 0.6 is 0 Å². The number of nitrogens with one attached hydrogen (secondary N) is 1. The van der Waals surface area contributed by atoms with Gasteiger partial charge < -0.3 is 18.6 Å². The van der Waals surface area contributed by atoms with E-state index in [1.54, 1.807) is 12.1 Å². The van der Waals surface area contributed by atoms with Crippen LogP contribution in [0.3, 0.4) is 0 Å². The molecule has 0 radical (unpaired) electrons. The Labute approximate surface area is 207 Å². The number of aromatic nitrogens is 5. The lowest BCUT2D eigenvalue weighted by Crippen LogP contribution is -2.32. The van der Waals surface area contributed by atoms with Crippen molar-refractivity contribution in [2.24, 2.45) is 0 Å². The summed E-state index contributed by atoms with van der Waals surface area (Å²) in [6.07, 6.45) is 3.30. The number of aromatic amines is 1. The van der Waals surface area contributed by atoms with Crippen LogP contribution in [0, 0.1) is 5.82 Å². The van der Waals surface area contributed by atoms with Crippen molar-refractivity contribution in [3.63, 3.8) is 0 Å². The number of ether oxygens (including phenoxy) is 3. The Morgan fingerprint density at radius 3 is 2.47 bits per heavy atom. The fourth-order valence-electron chi connectivity index (χ4n) is 4.72. The van der Waals surface area contributed by atoms with Crippen molar-refractivity contribution in [2.75, 3.05) is 26.3 Å². The molecule has 5 rings (SSSR count). The molecule has 0 amide bonds. The summed E-state index contributed by atoms with van der Waals surface area (Å²) in [5.74, 6) is 1.50. The van der Waals surface area contributed by atoms with Crippen molar-refractivity contribution in [1.82, 2.24) is 30.5 Å². The van der Waals surface area contributed by atoms with E-state index in [2.05, 4.69) is 30.5 Å². The monoisotopic (exact) mass is 496 g/mol. The van der Waals surface area contributed by atoms with Crippen LogP contribution < -0.4 is 14.2 Å². The minimum Gasteiger partial charge on any atom is -0.491 e. The molecule has 0 aliphatic carbocycles. The van der Waals surface area contributed by atoms with Gasteiger partial charge in [-0.3, -0.25) is 4.90 Å². The average molecular weight is 497 g/mol. The first-order chi connectivity index (χ1) is 17.7. The molecule has 0 bridgehead atoms. The summed E-state index contributed by atoms with van der Waals surface area (Å²) in [4.78, 5) is 6.83. The van der Waals surface area contributed by atoms with E-state index in [4.69, 9.17) is 18.6 Å². The summed E-state index contributed by atoms with van der Waals surface area (Å²) in [5.41, 5.74) is 3.56. The number of rotatable bonds is 10. The number of oxazole rings is 1. The van der Waals surface area contributed by atoms with Crippen LogP contribution in [0.15, 0.2) is 35.1 Å². The zero-order chi connectivity index (χ0) is 24.9. The number of fused-ring (bicyclic) bond motifs is 1. The molecular formula is C25H29FN6O4. The molecule has 0 saturated carbocycles. The van der Waals surface area contributed by atoms with Gasteiger partial charge in [0.2, 0.25) is 11.6 Å². The van der Waals surface area contributed by atoms with Gasteiger partial charge in [0.15, 0.2) is 30.1 Å². The molecule has 1 fully saturated rings. The first kappa shape index (κ1) is 24.0. The van der Waals surface area contributed by atoms with Crippen molar-refractivity contribution in [3.05, 3.63) is 53.4 Å². The van der Waals surface area contributed by atoms with E-state index in [1.807, 2.05) is 26.0 Å². The third kappa shape index (κ3) is 5.11. The fraction of sp³-hybridized carbons (Fsp3) is 0.440. The number of benzene rings is 2. The number of piperidine rings is 1. The molecule has 190 valence electrons. The molecule has 3 heterocycles. The number of tetrazole rings is 1. The number of hydrogen-bond acceptors (Lipinski definition) is 9. The molecule has 2 aromatic heterocycles. The van der Waals surface area contributed by atoms with Crippen LogP contribution in [-0.2, 0) is 13.2 Å². The molecule has 11 heteroatoms. The summed E-state index contributed by atoms with van der Waals surface area (Å²) in [6.45, 7) is 7.09. The number of halogens is 1. The minimum atomic E-state index is -0.449. The molecule has 1 N–H and O–H groups in total. The van der Waals surface area contributed by atoms with E-state index >= 15 is 0 Å². The summed E-state index contributed by atoms with van der Waals surface area (Å²) in [5, 5.41) is 13.9. The SMILES string of the molecule is CCOc1cc(CN2CCC(c3c(OCc4nn[nH]n4)ccc4ocnc34)CC2)cc(OCC)c1F. The second-order valence-electron chi connectivity index (χ2n) is 8.62. The lowest BCUT2D eigenvalue weighted by Gasteiger charge is -2.33. The Morgan fingerprint density at radius 1 is 1.06 bits per heavy atom. The molecule has 1 saturated heterocycles. The van der Waals surface area contributed by atoms with Crippen LogP contribution in [-0.4, -0.2) is 56.8 Å². The summed E-state index contributed by atoms with van der Waals surface area (Å²) in [6, 6.07) is 7.33. The van der Waals surface area contributed by atoms with Crippen molar-refractivity contribution < 1.29 is 23.0 Å². The van der Waals surface area contributed by atoms with E-state index in [0.29, 0.717) is 25.6 Å². The second-order valence-corrected chi connectivity index (χ2v) is 8.62. The van der Waals surface area contributed by atoms with Crippen molar-refractivity contribution >= 4 is 11.1 Å². The van der Waals surface area contributed by atoms with Crippen LogP contribution in [0.1, 0.15) is 49.6 Å². The Bertz CT molecular complexity index is 1260. The van der Waals surface area contributed by atoms with Gasteiger partial charge in [0.05, 0.1) is 13.2 Å². The Balaban J connectivity index is 1.30. The average Bonchev–Trinajstić information content (AvgIpc) is 3.58. The number of likely N-dealkylation sites (tertiary alicyclic amines) is 1. The Kier molecular flexibility index (Phi) is 7.26. The first-order valence-electron chi connectivity index (χ1n) is 12.2. The number of nitrogens with zero attached hydrogens (tertiary/aromatic N) is 5. The summed E-state index contributed by atoms with van der Waals surface area (Å²) < 4.78 is 37.3. The third-order valence-electron chi connectivity index (χ3n) is 6.31. The van der Waals surface area contributed by atoms with Gasteiger partial charge in [-0.2, -0.15) is 9.60 Å². The van der Waals surface area contributed by atoms with Crippen LogP contribution in [0.25, 0.3) is 11.1 Å². The Hall–Kier alpha value is -3.73. The molecule has 1 aliphatic heterocycles. The molecular weight excluding hydrogens is 467 g/mol. The van der Waals surface area contributed by atoms with Crippen LogP contribution in [0.5, 0.6) is 17.2 Å². The zero-order valence-corrected chi connectivity index (χ0v) is 20.4. The predicted octanol–water partition coefficient (Wildman–Crippen LogP) is 4.24. The predicted molar refractivity (Wildman–Crippen MR) is 129 cm³/mol. The van der Waals surface area contributed by atoms with Crippen molar-refractivity contribution in [3.8, 4) is 17.2 Å². The summed E-state index contributed by atoms with van der Waals surface area (Å²) >= 11 is 0. The van der Waals surface area contributed by atoms with E-state index in [0.717, 1.165) is 53.9 Å². The standard InChI is InChI=1S/C25H29FN6O4/c1-3-33-20-11-16(12-21(24(20)26)34-4-2)13-32-9-7-17(8-10-32)23-18(35-14-22-28-30-31-29-22)5-6-19-25(23)27-15-36-19/h5-6,11-12,15,17H,3-4,7-10,13-14H2,1-2H3,(H,28,29,30,31). The highest BCUT2D eigenvalue weighted by molar-refractivity contribution is 5.79. The maximum atomic E-state index is 14.6. The lowest BCUT2D eigenvalue weighted by molar-refractivity contribution is 0.201. The quantitative estimate of drug-likeness (QED) is 0.345. The van der Waals surface area contributed by atoms with Crippen molar-refractivity contribution in [2.45, 2.75) is 45.8 Å². The van der Waals surface area contributed by atoms with Gasteiger partial charge in [0, 0.05) is 12.1 Å². The first-order valence-corrected chi connectivity index (χ1v) is 12.2. The fourth-order valence-corrected chi connectivity index (χ4v) is 4.72. The molecule has 36 heavy (non-hydrogen) atoms. The van der Waals surface area contributed by atoms with E-state index in [9.17, 15) is 4.39 Å². The Morgan fingerprint density at radius 2 is 1.81 bits per heavy atom. The highest BCUT2D eigenvalue weighted by Gasteiger charge is 2.27. The van der Waals surface area contributed by atoms with Gasteiger partial charge in [0.1, 0.15) is 11.3 Å². The molecule has 4 aromatic rings. The van der Waals surface area contributed by atoms with E-state index in [1.165, 1.54) is 6.39 Å². The minimum absolute atomic E-state index is 0.209. The normalized spacial score (nSPS) is 14.9. The number of hydrogen-bond donors (Lipinski definition) is 1. The third-order valence-corrected chi connectivity index (χ3v) is 6.31. The van der Waals surface area contributed by atoms with E-state index in [-0.39, 0.29) is 24.0 Å². The molecule has 10 nitrogen and oxygen atoms in total. The maximum absolute atomic E-state index is 14.6. The van der Waals surface area contributed by atoms with E-state index < -0.39 is 5.82 Å². The largest absolute Gasteiger partial charge is 0.491 e. The van der Waals surface area contributed by atoms with Gasteiger partial charge >= 0.3 is 0 Å². The summed E-state index contributed by atoms with van der Waals surface area (Å²) in [7, 11) is 0. The molecule has 1 aliphatic rings. The van der Waals surface area contributed by atoms with Crippen LogP contribution in [0.2, 0.25) is 0 Å². The van der Waals surface area contributed by atoms with Gasteiger partial charge in [0.25, 0.3) is 0 Å². The smallest absolute Gasteiger partial charge is 0.211 e. The van der Waals surface area contributed by atoms with Gasteiger partial charge in [-0.25, -0.2) is 4.98 Å². The van der Waals surface area contributed by atoms with Gasteiger partial charge in [-0.1, -0.05) is 5.21 Å². The van der Waals surface area contributed by atoms with Gasteiger partial charge in [-0.05, 0) is 75.5 Å². The highest BCUT2D eigenvalue weighted by Crippen LogP contribution is 2.39. The molecule has 0 spiro atoms. The van der Waals surface area contributed by atoms with Crippen molar-refractivity contribution in [1.29, 1.82) is 0 Å². The highest BCUT2D eigenvalue weighted by atomic mass is 19.1. The van der Waals surface area contributed by atoms with Crippen LogP contribution in [0.4, 0.5) is 4.39 Å². The molecule has 2 aromatic carbocycles. The molecule has 0 atom stereocenters. The molecule has 0 unspecified atom stereocenters. The zero-order valence-electron chi connectivity index (χ0n) is 20.4. The maximum Gasteiger partial charge on any atom is 0.211 e. The van der Waals surface area contributed by atoms with Gasteiger partial charge in [-0.15, -0.1) is 10.2 Å². The topological polar surface area (TPSA) is 111 Å².